The first-order chi connectivity index (χ1) is 12.1. The van der Waals surface area contributed by atoms with Crippen molar-refractivity contribution in [1.29, 1.82) is 0 Å². The number of para-hydroxylation sites is 1. The number of hydrogen-bond acceptors (Lipinski definition) is 5. The number of amides is 1. The van der Waals surface area contributed by atoms with Crippen LogP contribution in [-0.2, 0) is 11.2 Å². The van der Waals surface area contributed by atoms with Gasteiger partial charge in [0.2, 0.25) is 17.7 Å². The molecule has 3 aromatic rings. The minimum atomic E-state index is -0.110. The van der Waals surface area contributed by atoms with Gasteiger partial charge in [-0.1, -0.05) is 35.9 Å². The molecule has 0 aliphatic rings. The summed E-state index contributed by atoms with van der Waals surface area (Å²) in [6, 6.07) is 17.5. The number of carbonyl (C=O) groups is 1. The van der Waals surface area contributed by atoms with Gasteiger partial charge in [0.15, 0.2) is 0 Å². The molecule has 0 saturated carbocycles. The Labute approximate surface area is 146 Å². The van der Waals surface area contributed by atoms with Gasteiger partial charge in [-0.15, -0.1) is 10.2 Å². The fourth-order valence-corrected chi connectivity index (χ4v) is 2.35. The van der Waals surface area contributed by atoms with E-state index in [9.17, 15) is 4.79 Å². The number of nitrogens with one attached hydrogen (secondary N) is 1. The Bertz CT molecular complexity index is 828. The maximum absolute atomic E-state index is 12.1. The Kier molecular flexibility index (Phi) is 5.09. The van der Waals surface area contributed by atoms with Crippen molar-refractivity contribution >= 4 is 11.6 Å². The molecule has 0 fully saturated rings. The first-order valence-corrected chi connectivity index (χ1v) is 8.09. The predicted octanol–water partition coefficient (Wildman–Crippen LogP) is 3.15. The van der Waals surface area contributed by atoms with E-state index in [1.807, 2.05) is 61.5 Å². The lowest BCUT2D eigenvalue weighted by Crippen LogP contribution is -2.39. The second-order valence-electron chi connectivity index (χ2n) is 5.80. The van der Waals surface area contributed by atoms with E-state index < -0.39 is 0 Å². The van der Waals surface area contributed by atoms with Crippen molar-refractivity contribution in [3.8, 4) is 11.5 Å². The summed E-state index contributed by atoms with van der Waals surface area (Å²) in [5.41, 5.74) is 5.77. The first kappa shape index (κ1) is 16.7. The van der Waals surface area contributed by atoms with Crippen LogP contribution in [0.25, 0.3) is 11.5 Å². The Balaban J connectivity index is 1.53. The fraction of sp³-hybridized carbons (Fsp3) is 0.211. The smallest absolute Gasteiger partial charge is 0.247 e. The third-order valence-electron chi connectivity index (χ3n) is 3.77. The van der Waals surface area contributed by atoms with E-state index >= 15 is 0 Å². The summed E-state index contributed by atoms with van der Waals surface area (Å²) in [5.74, 6) is 0.811. The molecule has 128 valence electrons. The minimum Gasteiger partial charge on any atom is -0.421 e. The van der Waals surface area contributed by atoms with Crippen LogP contribution >= 0.6 is 0 Å². The van der Waals surface area contributed by atoms with Gasteiger partial charge in [0, 0.05) is 25.5 Å². The molecular weight excluding hydrogens is 316 g/mol. The second-order valence-corrected chi connectivity index (χ2v) is 5.80. The lowest BCUT2D eigenvalue weighted by molar-refractivity contribution is -0.121. The Morgan fingerprint density at radius 1 is 1.08 bits per heavy atom. The summed E-state index contributed by atoms with van der Waals surface area (Å²) in [5, 5.41) is 9.75. The van der Waals surface area contributed by atoms with Gasteiger partial charge in [-0.05, 0) is 31.2 Å². The molecule has 1 N–H and O–H groups in total. The van der Waals surface area contributed by atoms with E-state index in [0.29, 0.717) is 18.2 Å². The van der Waals surface area contributed by atoms with Crippen LogP contribution in [0.15, 0.2) is 59.0 Å². The monoisotopic (exact) mass is 336 g/mol. The molecule has 0 radical (unpaired) electrons. The van der Waals surface area contributed by atoms with Crippen LogP contribution in [-0.4, -0.2) is 23.2 Å². The van der Waals surface area contributed by atoms with E-state index in [-0.39, 0.29) is 12.3 Å². The summed E-state index contributed by atoms with van der Waals surface area (Å²) >= 11 is 0. The summed E-state index contributed by atoms with van der Waals surface area (Å²) in [6.45, 7) is 2.02. The molecular formula is C19H20N4O2. The van der Waals surface area contributed by atoms with Gasteiger partial charge >= 0.3 is 0 Å². The Morgan fingerprint density at radius 2 is 1.80 bits per heavy atom. The highest BCUT2D eigenvalue weighted by Crippen LogP contribution is 2.18. The van der Waals surface area contributed by atoms with Gasteiger partial charge < -0.3 is 4.42 Å². The van der Waals surface area contributed by atoms with Gasteiger partial charge in [0.1, 0.15) is 0 Å². The molecule has 6 nitrogen and oxygen atoms in total. The van der Waals surface area contributed by atoms with Crippen molar-refractivity contribution in [1.82, 2.24) is 15.6 Å². The minimum absolute atomic E-state index is 0.110. The van der Waals surface area contributed by atoms with Gasteiger partial charge in [0.05, 0.1) is 5.69 Å². The SMILES string of the molecule is Cc1ccc(-c2nnc(CCC(=O)NN(C)c3ccccc3)o2)cc1. The number of hydrazine groups is 1. The van der Waals surface area contributed by atoms with E-state index in [1.165, 1.54) is 5.56 Å². The highest BCUT2D eigenvalue weighted by Gasteiger charge is 2.11. The molecule has 2 aromatic carbocycles. The number of nitrogens with zero attached hydrogens (tertiary/aromatic N) is 3. The second kappa shape index (κ2) is 7.61. The molecule has 0 bridgehead atoms. The number of aryl methyl sites for hydroxylation is 2. The molecule has 0 spiro atoms. The van der Waals surface area contributed by atoms with Crippen LogP contribution in [0.1, 0.15) is 17.9 Å². The average molecular weight is 336 g/mol. The summed E-state index contributed by atoms with van der Waals surface area (Å²) < 4.78 is 5.63. The maximum Gasteiger partial charge on any atom is 0.247 e. The van der Waals surface area contributed by atoms with Crippen molar-refractivity contribution in [2.75, 3.05) is 12.1 Å². The summed E-state index contributed by atoms with van der Waals surface area (Å²) in [4.78, 5) is 12.1. The topological polar surface area (TPSA) is 71.3 Å². The third kappa shape index (κ3) is 4.44. The molecule has 0 aliphatic carbocycles. The Hall–Kier alpha value is -3.15. The van der Waals surface area contributed by atoms with E-state index in [2.05, 4.69) is 15.6 Å². The zero-order valence-corrected chi connectivity index (χ0v) is 14.3. The van der Waals surface area contributed by atoms with E-state index in [0.717, 1.165) is 11.3 Å². The van der Waals surface area contributed by atoms with Crippen LogP contribution in [0.4, 0.5) is 5.69 Å². The summed E-state index contributed by atoms with van der Waals surface area (Å²) in [7, 11) is 1.80. The zero-order valence-electron chi connectivity index (χ0n) is 14.3. The molecule has 1 heterocycles. The van der Waals surface area contributed by atoms with Crippen molar-refractivity contribution in [2.24, 2.45) is 0 Å². The van der Waals surface area contributed by atoms with E-state index in [1.54, 1.807) is 12.1 Å². The first-order valence-electron chi connectivity index (χ1n) is 8.09. The van der Waals surface area contributed by atoms with Crippen LogP contribution in [0, 0.1) is 6.92 Å². The summed E-state index contributed by atoms with van der Waals surface area (Å²) in [6.07, 6.45) is 0.667. The number of hydrogen-bond donors (Lipinski definition) is 1. The third-order valence-corrected chi connectivity index (χ3v) is 3.77. The van der Waals surface area contributed by atoms with Crippen molar-refractivity contribution in [3.63, 3.8) is 0 Å². The van der Waals surface area contributed by atoms with Crippen LogP contribution < -0.4 is 10.4 Å². The van der Waals surface area contributed by atoms with Crippen molar-refractivity contribution in [3.05, 3.63) is 66.1 Å². The van der Waals surface area contributed by atoms with Crippen LogP contribution in [0.3, 0.4) is 0 Å². The number of rotatable bonds is 6. The maximum atomic E-state index is 12.1. The highest BCUT2D eigenvalue weighted by molar-refractivity contribution is 5.77. The number of anilines is 1. The fourth-order valence-electron chi connectivity index (χ4n) is 2.35. The molecule has 0 aliphatic heterocycles. The molecule has 0 unspecified atom stereocenters. The lowest BCUT2D eigenvalue weighted by Gasteiger charge is -2.19. The largest absolute Gasteiger partial charge is 0.421 e. The number of benzene rings is 2. The molecule has 0 atom stereocenters. The molecule has 1 amide bonds. The van der Waals surface area contributed by atoms with Gasteiger partial charge in [-0.3, -0.25) is 15.2 Å². The standard InChI is InChI=1S/C19H20N4O2/c1-14-8-10-15(11-9-14)19-21-20-18(25-19)13-12-17(24)22-23(2)16-6-4-3-5-7-16/h3-11H,12-13H2,1-2H3,(H,22,24). The lowest BCUT2D eigenvalue weighted by atomic mass is 10.1. The molecule has 25 heavy (non-hydrogen) atoms. The van der Waals surface area contributed by atoms with Crippen LogP contribution in [0.2, 0.25) is 0 Å². The van der Waals surface area contributed by atoms with Gasteiger partial charge in [0.25, 0.3) is 0 Å². The van der Waals surface area contributed by atoms with Gasteiger partial charge in [-0.25, -0.2) is 0 Å². The number of aromatic nitrogens is 2. The van der Waals surface area contributed by atoms with Gasteiger partial charge in [-0.2, -0.15) is 0 Å². The molecule has 1 aromatic heterocycles. The quantitative estimate of drug-likeness (QED) is 0.700. The zero-order chi connectivity index (χ0) is 17.6. The van der Waals surface area contributed by atoms with Crippen molar-refractivity contribution in [2.45, 2.75) is 19.8 Å². The van der Waals surface area contributed by atoms with E-state index in [4.69, 9.17) is 4.42 Å². The number of carbonyl (C=O) groups excluding carboxylic acids is 1. The Morgan fingerprint density at radius 3 is 2.52 bits per heavy atom. The van der Waals surface area contributed by atoms with Crippen molar-refractivity contribution < 1.29 is 9.21 Å². The molecule has 3 rings (SSSR count). The van der Waals surface area contributed by atoms with Crippen LogP contribution in [0.5, 0.6) is 0 Å². The highest BCUT2D eigenvalue weighted by atomic mass is 16.4. The molecule has 0 saturated heterocycles. The average Bonchev–Trinajstić information content (AvgIpc) is 3.10. The molecule has 6 heteroatoms. The normalized spacial score (nSPS) is 10.5. The predicted molar refractivity (Wildman–Crippen MR) is 95.8 cm³/mol.